The number of nitrogens with zero attached hydrogens (tertiary/aromatic N) is 2. The number of carbonyl (C=O) groups excluding carboxylic acids is 2. The Labute approximate surface area is 195 Å². The van der Waals surface area contributed by atoms with E-state index in [9.17, 15) is 22.8 Å². The number of anilines is 2. The van der Waals surface area contributed by atoms with Gasteiger partial charge in [0.1, 0.15) is 5.75 Å². The van der Waals surface area contributed by atoms with Crippen LogP contribution >= 0.6 is 0 Å². The number of halogens is 3. The fourth-order valence-electron chi connectivity index (χ4n) is 4.44. The van der Waals surface area contributed by atoms with Crippen molar-refractivity contribution in [2.45, 2.75) is 38.7 Å². The fourth-order valence-corrected chi connectivity index (χ4v) is 4.44. The lowest BCUT2D eigenvalue weighted by Crippen LogP contribution is -2.47. The summed E-state index contributed by atoms with van der Waals surface area (Å²) in [6, 6.07) is 21.1. The minimum absolute atomic E-state index is 0.113. The van der Waals surface area contributed by atoms with Crippen LogP contribution in [0, 0.1) is 0 Å². The highest BCUT2D eigenvalue weighted by Gasteiger charge is 2.38. The van der Waals surface area contributed by atoms with Crippen molar-refractivity contribution in [3.8, 4) is 5.75 Å². The molecule has 8 heteroatoms. The van der Waals surface area contributed by atoms with E-state index in [4.69, 9.17) is 0 Å². The lowest BCUT2D eigenvalue weighted by Gasteiger charge is -2.43. The van der Waals surface area contributed by atoms with Crippen LogP contribution in [0.5, 0.6) is 5.75 Å². The van der Waals surface area contributed by atoms with Crippen molar-refractivity contribution in [2.24, 2.45) is 0 Å². The highest BCUT2D eigenvalue weighted by Crippen LogP contribution is 2.42. The molecule has 34 heavy (non-hydrogen) atoms. The molecule has 0 bridgehead atoms. The standard InChI is InChI=1S/C26H23F3N2O3/c1-17-16-24(31(18(2)32)20-8-4-3-5-9-20)22-10-6-7-11-23(22)30(17)25(33)19-12-14-21(15-13-19)34-26(27,28)29/h3-15,17,24H,16H2,1-2H3/t17-,24+/m0/s1. The third-order valence-electron chi connectivity index (χ3n) is 5.80. The summed E-state index contributed by atoms with van der Waals surface area (Å²) in [5.74, 6) is -0.847. The van der Waals surface area contributed by atoms with Crippen LogP contribution in [0.4, 0.5) is 24.5 Å². The van der Waals surface area contributed by atoms with E-state index in [2.05, 4.69) is 4.74 Å². The normalized spacial score (nSPS) is 17.6. The van der Waals surface area contributed by atoms with E-state index in [1.165, 1.54) is 19.1 Å². The zero-order chi connectivity index (χ0) is 24.5. The van der Waals surface area contributed by atoms with Gasteiger partial charge in [-0.1, -0.05) is 36.4 Å². The first-order valence-electron chi connectivity index (χ1n) is 10.8. The van der Waals surface area contributed by atoms with Crippen molar-refractivity contribution >= 4 is 23.2 Å². The molecule has 2 amide bonds. The molecule has 0 saturated carbocycles. The van der Waals surface area contributed by atoms with Gasteiger partial charge in [0.05, 0.1) is 6.04 Å². The second kappa shape index (κ2) is 9.21. The number of ether oxygens (including phenoxy) is 1. The zero-order valence-electron chi connectivity index (χ0n) is 18.6. The molecule has 0 unspecified atom stereocenters. The average molecular weight is 468 g/mol. The van der Waals surface area contributed by atoms with Crippen molar-refractivity contribution in [1.29, 1.82) is 0 Å². The lowest BCUT2D eigenvalue weighted by atomic mass is 9.89. The molecule has 3 aromatic rings. The lowest BCUT2D eigenvalue weighted by molar-refractivity contribution is -0.274. The minimum atomic E-state index is -4.80. The molecule has 1 aliphatic rings. The first-order valence-corrected chi connectivity index (χ1v) is 10.8. The number of amides is 2. The fraction of sp³-hybridized carbons (Fsp3) is 0.231. The summed E-state index contributed by atoms with van der Waals surface area (Å²) in [7, 11) is 0. The van der Waals surface area contributed by atoms with Gasteiger partial charge in [-0.3, -0.25) is 9.59 Å². The smallest absolute Gasteiger partial charge is 0.406 e. The highest BCUT2D eigenvalue weighted by atomic mass is 19.4. The number of carbonyl (C=O) groups is 2. The van der Waals surface area contributed by atoms with Gasteiger partial charge in [-0.2, -0.15) is 0 Å². The van der Waals surface area contributed by atoms with Crippen LogP contribution in [0.25, 0.3) is 0 Å². The molecule has 0 fully saturated rings. The van der Waals surface area contributed by atoms with E-state index >= 15 is 0 Å². The van der Waals surface area contributed by atoms with Gasteiger partial charge in [-0.25, -0.2) is 0 Å². The summed E-state index contributed by atoms with van der Waals surface area (Å²) in [5, 5.41) is 0. The summed E-state index contributed by atoms with van der Waals surface area (Å²) in [6.45, 7) is 3.41. The number of fused-ring (bicyclic) bond motifs is 1. The summed E-state index contributed by atoms with van der Waals surface area (Å²) in [5.41, 5.74) is 2.49. The van der Waals surface area contributed by atoms with Gasteiger partial charge in [0.15, 0.2) is 0 Å². The van der Waals surface area contributed by atoms with Crippen molar-refractivity contribution in [1.82, 2.24) is 0 Å². The van der Waals surface area contributed by atoms with E-state index in [1.807, 2.05) is 61.5 Å². The number of hydrogen-bond donors (Lipinski definition) is 0. The Balaban J connectivity index is 1.69. The van der Waals surface area contributed by atoms with Gasteiger partial charge in [0.25, 0.3) is 5.91 Å². The summed E-state index contributed by atoms with van der Waals surface area (Å²) >= 11 is 0. The Morgan fingerprint density at radius 2 is 1.56 bits per heavy atom. The number of benzene rings is 3. The van der Waals surface area contributed by atoms with Crippen molar-refractivity contribution in [3.05, 3.63) is 90.0 Å². The molecule has 0 aromatic heterocycles. The first kappa shape index (κ1) is 23.4. The maximum Gasteiger partial charge on any atom is 0.573 e. The SMILES string of the molecule is CC(=O)N(c1ccccc1)[C@@H]1C[C@H](C)N(C(=O)c2ccc(OC(F)(F)F)cc2)c2ccccc21. The van der Waals surface area contributed by atoms with E-state index < -0.39 is 12.1 Å². The predicted octanol–water partition coefficient (Wildman–Crippen LogP) is 6.12. The molecular formula is C26H23F3N2O3. The number of para-hydroxylation sites is 2. The molecule has 1 aliphatic heterocycles. The first-order chi connectivity index (χ1) is 16.2. The molecular weight excluding hydrogens is 445 g/mol. The Morgan fingerprint density at radius 3 is 2.18 bits per heavy atom. The van der Waals surface area contributed by atoms with Gasteiger partial charge < -0.3 is 14.5 Å². The van der Waals surface area contributed by atoms with Gasteiger partial charge >= 0.3 is 6.36 Å². The molecule has 1 heterocycles. The number of alkyl halides is 3. The van der Waals surface area contributed by atoms with Gasteiger partial charge in [-0.15, -0.1) is 13.2 Å². The average Bonchev–Trinajstić information content (AvgIpc) is 2.79. The topological polar surface area (TPSA) is 49.9 Å². The van der Waals surface area contributed by atoms with Crippen LogP contribution in [0.1, 0.15) is 42.2 Å². The number of rotatable bonds is 4. The van der Waals surface area contributed by atoms with Crippen LogP contribution in [0.2, 0.25) is 0 Å². The van der Waals surface area contributed by atoms with Gasteiger partial charge in [0.2, 0.25) is 5.91 Å². The Morgan fingerprint density at radius 1 is 0.941 bits per heavy atom. The van der Waals surface area contributed by atoms with Gasteiger partial charge in [-0.05, 0) is 61.4 Å². The maximum atomic E-state index is 13.4. The largest absolute Gasteiger partial charge is 0.573 e. The molecule has 0 saturated heterocycles. The molecule has 2 atom stereocenters. The van der Waals surface area contributed by atoms with Crippen LogP contribution in [0.15, 0.2) is 78.9 Å². The Kier molecular flexibility index (Phi) is 6.32. The third-order valence-corrected chi connectivity index (χ3v) is 5.80. The van der Waals surface area contributed by atoms with Gasteiger partial charge in [0, 0.05) is 29.9 Å². The molecule has 3 aromatic carbocycles. The Bertz CT molecular complexity index is 1180. The monoisotopic (exact) mass is 468 g/mol. The molecule has 5 nitrogen and oxygen atoms in total. The van der Waals surface area contributed by atoms with E-state index in [1.54, 1.807) is 9.80 Å². The Hall–Kier alpha value is -3.81. The second-order valence-corrected chi connectivity index (χ2v) is 8.13. The van der Waals surface area contributed by atoms with E-state index in [-0.39, 0.29) is 29.5 Å². The zero-order valence-corrected chi connectivity index (χ0v) is 18.6. The third kappa shape index (κ3) is 4.76. The van der Waals surface area contributed by atoms with Crippen LogP contribution in [-0.4, -0.2) is 24.2 Å². The highest BCUT2D eigenvalue weighted by molar-refractivity contribution is 6.07. The van der Waals surface area contributed by atoms with E-state index in [0.29, 0.717) is 12.1 Å². The molecule has 4 rings (SSSR count). The molecule has 0 radical (unpaired) electrons. The molecule has 0 N–H and O–H groups in total. The maximum absolute atomic E-state index is 13.4. The van der Waals surface area contributed by atoms with Crippen LogP contribution in [0.3, 0.4) is 0 Å². The van der Waals surface area contributed by atoms with Crippen LogP contribution in [-0.2, 0) is 4.79 Å². The predicted molar refractivity (Wildman–Crippen MR) is 123 cm³/mol. The summed E-state index contributed by atoms with van der Waals surface area (Å²) in [4.78, 5) is 29.5. The summed E-state index contributed by atoms with van der Waals surface area (Å²) in [6.07, 6.45) is -4.31. The molecule has 0 aliphatic carbocycles. The molecule has 0 spiro atoms. The van der Waals surface area contributed by atoms with Crippen molar-refractivity contribution in [2.75, 3.05) is 9.80 Å². The second-order valence-electron chi connectivity index (χ2n) is 8.13. The minimum Gasteiger partial charge on any atom is -0.406 e. The summed E-state index contributed by atoms with van der Waals surface area (Å²) < 4.78 is 41.3. The molecule has 176 valence electrons. The quantitative estimate of drug-likeness (QED) is 0.464. The number of hydrogen-bond acceptors (Lipinski definition) is 3. The van der Waals surface area contributed by atoms with Crippen molar-refractivity contribution < 1.29 is 27.5 Å². The van der Waals surface area contributed by atoms with E-state index in [0.717, 1.165) is 23.4 Å². The van der Waals surface area contributed by atoms with Crippen molar-refractivity contribution in [3.63, 3.8) is 0 Å². The van der Waals surface area contributed by atoms with Crippen LogP contribution < -0.4 is 14.5 Å².